The van der Waals surface area contributed by atoms with Crippen LogP contribution in [-0.4, -0.2) is 36.3 Å². The van der Waals surface area contributed by atoms with E-state index in [1.165, 1.54) is 6.07 Å². The van der Waals surface area contributed by atoms with Crippen molar-refractivity contribution >= 4 is 11.6 Å². The summed E-state index contributed by atoms with van der Waals surface area (Å²) >= 11 is 6.34. The van der Waals surface area contributed by atoms with Gasteiger partial charge in [-0.15, -0.1) is 0 Å². The summed E-state index contributed by atoms with van der Waals surface area (Å²) < 4.78 is 47.0. The number of hydrogen-bond donors (Lipinski definition) is 1. The molecule has 1 N–H and O–H groups in total. The molecule has 3 nitrogen and oxygen atoms in total. The van der Waals surface area contributed by atoms with Gasteiger partial charge < -0.3 is 9.84 Å². The van der Waals surface area contributed by atoms with E-state index in [2.05, 4.69) is 36.1 Å². The van der Waals surface area contributed by atoms with Gasteiger partial charge in [0.2, 0.25) is 0 Å². The fourth-order valence-electron chi connectivity index (χ4n) is 5.05. The van der Waals surface area contributed by atoms with Gasteiger partial charge in [0.1, 0.15) is 5.75 Å². The maximum Gasteiger partial charge on any atom is 0.417 e. The van der Waals surface area contributed by atoms with Gasteiger partial charge in [0, 0.05) is 38.1 Å². The van der Waals surface area contributed by atoms with Crippen LogP contribution in [0.3, 0.4) is 0 Å². The molecule has 0 aliphatic heterocycles. The second-order valence-electron chi connectivity index (χ2n) is 10.4. The third-order valence-corrected chi connectivity index (χ3v) is 7.47. The molecule has 4 aromatic rings. The highest BCUT2D eigenvalue weighted by molar-refractivity contribution is 6.32. The van der Waals surface area contributed by atoms with Crippen molar-refractivity contribution in [1.82, 2.24) is 4.90 Å². The number of benzene rings is 4. The zero-order chi connectivity index (χ0) is 29.2. The van der Waals surface area contributed by atoms with Crippen molar-refractivity contribution in [3.63, 3.8) is 0 Å². The number of alkyl halides is 3. The maximum atomic E-state index is 13.6. The first-order valence-electron chi connectivity index (χ1n) is 13.7. The van der Waals surface area contributed by atoms with Crippen molar-refractivity contribution in [2.75, 3.05) is 26.3 Å². The Bertz CT molecular complexity index is 1330. The highest BCUT2D eigenvalue weighted by atomic mass is 35.5. The highest BCUT2D eigenvalue weighted by Crippen LogP contribution is 2.37. The Kier molecular flexibility index (Phi) is 10.9. The van der Waals surface area contributed by atoms with E-state index in [4.69, 9.17) is 16.3 Å². The van der Waals surface area contributed by atoms with Gasteiger partial charge in [0.05, 0.1) is 17.2 Å². The van der Waals surface area contributed by atoms with Crippen LogP contribution in [0.5, 0.6) is 5.75 Å². The van der Waals surface area contributed by atoms with E-state index in [1.807, 2.05) is 60.7 Å². The summed E-state index contributed by atoms with van der Waals surface area (Å²) in [4.78, 5) is 2.17. The van der Waals surface area contributed by atoms with Crippen LogP contribution in [0.15, 0.2) is 103 Å². The molecular formula is C34H35ClF3NO2. The van der Waals surface area contributed by atoms with E-state index in [0.717, 1.165) is 28.5 Å². The summed E-state index contributed by atoms with van der Waals surface area (Å²) in [6, 6.07) is 32.0. The minimum absolute atomic E-state index is 0.00487. The Morgan fingerprint density at radius 3 is 2.07 bits per heavy atom. The Hall–Kier alpha value is -3.32. The van der Waals surface area contributed by atoms with Gasteiger partial charge in [-0.1, -0.05) is 103 Å². The zero-order valence-corrected chi connectivity index (χ0v) is 23.8. The van der Waals surface area contributed by atoms with Gasteiger partial charge >= 0.3 is 6.18 Å². The molecule has 0 heterocycles. The van der Waals surface area contributed by atoms with Crippen LogP contribution in [0, 0.1) is 5.92 Å². The predicted octanol–water partition coefficient (Wildman–Crippen LogP) is 8.24. The quantitative estimate of drug-likeness (QED) is 0.173. The zero-order valence-electron chi connectivity index (χ0n) is 23.0. The average Bonchev–Trinajstić information content (AvgIpc) is 2.96. The molecule has 0 fully saturated rings. The minimum Gasteiger partial charge on any atom is -0.493 e. The lowest BCUT2D eigenvalue weighted by molar-refractivity contribution is -0.137. The third kappa shape index (κ3) is 8.83. The molecule has 0 spiro atoms. The number of hydrogen-bond acceptors (Lipinski definition) is 3. The number of ether oxygens (including phenoxy) is 1. The molecule has 0 saturated carbocycles. The van der Waals surface area contributed by atoms with Crippen LogP contribution in [0.4, 0.5) is 13.2 Å². The van der Waals surface area contributed by atoms with Gasteiger partial charge in [-0.25, -0.2) is 0 Å². The van der Waals surface area contributed by atoms with Crippen LogP contribution >= 0.6 is 11.6 Å². The molecule has 216 valence electrons. The maximum absolute atomic E-state index is 13.6. The van der Waals surface area contributed by atoms with Crippen LogP contribution < -0.4 is 4.74 Å². The molecule has 7 heteroatoms. The molecule has 1 atom stereocenters. The van der Waals surface area contributed by atoms with Crippen LogP contribution in [0.25, 0.3) is 0 Å². The molecule has 0 aromatic heterocycles. The predicted molar refractivity (Wildman–Crippen MR) is 158 cm³/mol. The van der Waals surface area contributed by atoms with Crippen molar-refractivity contribution in [3.8, 4) is 5.75 Å². The molecule has 0 aliphatic rings. The molecule has 4 rings (SSSR count). The van der Waals surface area contributed by atoms with Crippen LogP contribution in [0.2, 0.25) is 5.02 Å². The molecular weight excluding hydrogens is 547 g/mol. The lowest BCUT2D eigenvalue weighted by Crippen LogP contribution is -2.34. The highest BCUT2D eigenvalue weighted by Gasteiger charge is 2.34. The SMILES string of the molecule is C[C@@H](COc1cccc(CCO)c1)CN(Cc1cccc(C(F)(F)F)c1Cl)CC(c1ccccc1)c1ccccc1. The fourth-order valence-corrected chi connectivity index (χ4v) is 5.34. The Morgan fingerprint density at radius 2 is 1.46 bits per heavy atom. The van der Waals surface area contributed by atoms with Crippen LogP contribution in [-0.2, 0) is 19.1 Å². The molecule has 0 unspecified atom stereocenters. The van der Waals surface area contributed by atoms with Gasteiger partial charge in [-0.3, -0.25) is 4.90 Å². The standard InChI is InChI=1S/C34H35ClF3NO2/c1-25(24-41-30-16-8-10-26(20-30)18-19-40)21-39(22-29-15-9-17-32(33(29)35)34(36,37)38)23-31(27-11-4-2-5-12-27)28-13-6-3-7-14-28/h2-17,20,25,31,40H,18-19,21-24H2,1H3/t25-/m1/s1. The minimum atomic E-state index is -4.53. The summed E-state index contributed by atoms with van der Waals surface area (Å²) in [6.07, 6.45) is -3.97. The summed E-state index contributed by atoms with van der Waals surface area (Å²) in [7, 11) is 0. The molecule has 0 saturated heterocycles. The van der Waals surface area contributed by atoms with Crippen molar-refractivity contribution < 1.29 is 23.0 Å². The van der Waals surface area contributed by atoms with E-state index in [-0.39, 0.29) is 30.0 Å². The smallest absolute Gasteiger partial charge is 0.417 e. The summed E-state index contributed by atoms with van der Waals surface area (Å²) in [5.74, 6) is 0.792. The summed E-state index contributed by atoms with van der Waals surface area (Å²) in [5, 5.41) is 8.99. The number of rotatable bonds is 13. The molecule has 0 bridgehead atoms. The van der Waals surface area contributed by atoms with Crippen molar-refractivity contribution in [2.24, 2.45) is 5.92 Å². The van der Waals surface area contributed by atoms with Crippen molar-refractivity contribution in [3.05, 3.63) is 136 Å². The number of aliphatic hydroxyl groups is 1. The normalized spacial score (nSPS) is 12.6. The van der Waals surface area contributed by atoms with E-state index in [0.29, 0.717) is 31.7 Å². The topological polar surface area (TPSA) is 32.7 Å². The largest absolute Gasteiger partial charge is 0.493 e. The van der Waals surface area contributed by atoms with E-state index < -0.39 is 11.7 Å². The molecule has 4 aromatic carbocycles. The second-order valence-corrected chi connectivity index (χ2v) is 10.8. The molecule has 0 amide bonds. The van der Waals surface area contributed by atoms with Gasteiger partial charge in [-0.2, -0.15) is 13.2 Å². The Morgan fingerprint density at radius 1 is 0.829 bits per heavy atom. The van der Waals surface area contributed by atoms with E-state index in [1.54, 1.807) is 6.07 Å². The molecule has 41 heavy (non-hydrogen) atoms. The lowest BCUT2D eigenvalue weighted by atomic mass is 9.90. The van der Waals surface area contributed by atoms with Gasteiger partial charge in [-0.05, 0) is 46.9 Å². The summed E-state index contributed by atoms with van der Waals surface area (Å²) in [6.45, 7) is 3.98. The van der Waals surface area contributed by atoms with E-state index in [9.17, 15) is 18.3 Å². The third-order valence-electron chi connectivity index (χ3n) is 7.03. The van der Waals surface area contributed by atoms with Crippen molar-refractivity contribution in [1.29, 1.82) is 0 Å². The lowest BCUT2D eigenvalue weighted by Gasteiger charge is -2.31. The first-order valence-corrected chi connectivity index (χ1v) is 14.1. The van der Waals surface area contributed by atoms with Gasteiger partial charge in [0.15, 0.2) is 0 Å². The fraction of sp³-hybridized carbons (Fsp3) is 0.294. The monoisotopic (exact) mass is 581 g/mol. The summed E-state index contributed by atoms with van der Waals surface area (Å²) in [5.41, 5.74) is 2.86. The number of halogens is 4. The first-order chi connectivity index (χ1) is 19.7. The first kappa shape index (κ1) is 30.6. The molecule has 0 radical (unpaired) electrons. The molecule has 0 aliphatic carbocycles. The number of nitrogens with zero attached hydrogens (tertiary/aromatic N) is 1. The van der Waals surface area contributed by atoms with Gasteiger partial charge in [0.25, 0.3) is 0 Å². The van der Waals surface area contributed by atoms with Crippen LogP contribution in [0.1, 0.15) is 40.7 Å². The Labute approximate surface area is 245 Å². The second kappa shape index (κ2) is 14.5. The number of aliphatic hydroxyl groups excluding tert-OH is 1. The van der Waals surface area contributed by atoms with Crippen molar-refractivity contribution in [2.45, 2.75) is 32.0 Å². The van der Waals surface area contributed by atoms with E-state index >= 15 is 0 Å². The average molecular weight is 582 g/mol. The Balaban J connectivity index is 1.59.